The number of hydrazine groups is 1. The lowest BCUT2D eigenvalue weighted by atomic mass is 10.1. The van der Waals surface area contributed by atoms with Crippen LogP contribution in [0.2, 0.25) is 0 Å². The van der Waals surface area contributed by atoms with Gasteiger partial charge in [-0.3, -0.25) is 0 Å². The molecule has 0 saturated carbocycles. The van der Waals surface area contributed by atoms with Crippen LogP contribution in [0.4, 0.5) is 5.82 Å². The van der Waals surface area contributed by atoms with Crippen molar-refractivity contribution < 1.29 is 8.42 Å². The SMILES string of the molecule is CCC1CCN(S(=O)(=O)c2cc(Br)cnc2NN)C1. The molecule has 1 atom stereocenters. The Morgan fingerprint density at radius 2 is 2.37 bits per heavy atom. The summed E-state index contributed by atoms with van der Waals surface area (Å²) < 4.78 is 27.3. The van der Waals surface area contributed by atoms with Crippen LogP contribution < -0.4 is 11.3 Å². The average Bonchev–Trinajstić information content (AvgIpc) is 2.88. The fourth-order valence-corrected chi connectivity index (χ4v) is 4.36. The minimum atomic E-state index is -3.55. The Morgan fingerprint density at radius 3 is 2.95 bits per heavy atom. The van der Waals surface area contributed by atoms with E-state index in [1.165, 1.54) is 16.6 Å². The van der Waals surface area contributed by atoms with Gasteiger partial charge in [0.2, 0.25) is 10.0 Å². The first kappa shape index (κ1) is 14.7. The Labute approximate surface area is 121 Å². The summed E-state index contributed by atoms with van der Waals surface area (Å²) in [4.78, 5) is 4.10. The molecule has 19 heavy (non-hydrogen) atoms. The molecule has 0 amide bonds. The Kier molecular flexibility index (Phi) is 4.44. The second-order valence-electron chi connectivity index (χ2n) is 4.57. The highest BCUT2D eigenvalue weighted by atomic mass is 79.9. The molecule has 2 heterocycles. The van der Waals surface area contributed by atoms with E-state index in [9.17, 15) is 8.42 Å². The van der Waals surface area contributed by atoms with Crippen LogP contribution in [0.1, 0.15) is 19.8 Å². The van der Waals surface area contributed by atoms with Crippen LogP contribution in [0, 0.1) is 5.92 Å². The molecule has 1 aliphatic heterocycles. The molecule has 6 nitrogen and oxygen atoms in total. The van der Waals surface area contributed by atoms with Gasteiger partial charge in [0.05, 0.1) is 0 Å². The van der Waals surface area contributed by atoms with Gasteiger partial charge in [0.1, 0.15) is 4.90 Å². The average molecular weight is 349 g/mol. The van der Waals surface area contributed by atoms with Crippen molar-refractivity contribution in [3.05, 3.63) is 16.7 Å². The predicted molar refractivity (Wildman–Crippen MR) is 76.9 cm³/mol. The van der Waals surface area contributed by atoms with Gasteiger partial charge in [-0.2, -0.15) is 4.31 Å². The summed E-state index contributed by atoms with van der Waals surface area (Å²) in [5.74, 6) is 5.94. The Hall–Kier alpha value is -0.700. The fourth-order valence-electron chi connectivity index (χ4n) is 2.21. The first-order chi connectivity index (χ1) is 8.98. The summed E-state index contributed by atoms with van der Waals surface area (Å²) in [7, 11) is -3.55. The fraction of sp³-hybridized carbons (Fsp3) is 0.545. The first-order valence-corrected chi connectivity index (χ1v) is 8.34. The van der Waals surface area contributed by atoms with E-state index in [2.05, 4.69) is 33.3 Å². The van der Waals surface area contributed by atoms with Gasteiger partial charge < -0.3 is 5.43 Å². The van der Waals surface area contributed by atoms with Gasteiger partial charge >= 0.3 is 0 Å². The normalized spacial score (nSPS) is 20.7. The van der Waals surface area contributed by atoms with Crippen LogP contribution in [0.3, 0.4) is 0 Å². The van der Waals surface area contributed by atoms with Gasteiger partial charge in [-0.05, 0) is 34.3 Å². The number of nitrogen functional groups attached to an aromatic ring is 1. The highest BCUT2D eigenvalue weighted by molar-refractivity contribution is 9.10. The summed E-state index contributed by atoms with van der Waals surface area (Å²) in [6.45, 7) is 3.20. The number of anilines is 1. The van der Waals surface area contributed by atoms with Crippen molar-refractivity contribution in [1.82, 2.24) is 9.29 Å². The zero-order chi connectivity index (χ0) is 14.0. The van der Waals surface area contributed by atoms with E-state index in [1.54, 1.807) is 0 Å². The second-order valence-corrected chi connectivity index (χ2v) is 7.39. The van der Waals surface area contributed by atoms with Crippen LogP contribution in [0.15, 0.2) is 21.6 Å². The summed E-state index contributed by atoms with van der Waals surface area (Å²) in [5, 5.41) is 0. The zero-order valence-corrected chi connectivity index (χ0v) is 13.0. The summed E-state index contributed by atoms with van der Waals surface area (Å²) in [6.07, 6.45) is 3.40. The second kappa shape index (κ2) is 5.74. The third-order valence-corrected chi connectivity index (χ3v) is 5.71. The number of halogens is 1. The number of aromatic nitrogens is 1. The molecule has 0 aromatic carbocycles. The van der Waals surface area contributed by atoms with Crippen molar-refractivity contribution in [3.63, 3.8) is 0 Å². The van der Waals surface area contributed by atoms with Gasteiger partial charge in [0, 0.05) is 23.8 Å². The van der Waals surface area contributed by atoms with Crippen molar-refractivity contribution >= 4 is 31.8 Å². The quantitative estimate of drug-likeness (QED) is 0.636. The molecule has 8 heteroatoms. The molecular formula is C11H17BrN4O2S. The number of rotatable bonds is 4. The van der Waals surface area contributed by atoms with E-state index in [4.69, 9.17) is 5.84 Å². The standard InChI is InChI=1S/C11H17BrN4O2S/c1-2-8-3-4-16(7-8)19(17,18)10-5-9(12)6-14-11(10)15-13/h5-6,8H,2-4,7,13H2,1H3,(H,14,15). The lowest BCUT2D eigenvalue weighted by Crippen LogP contribution is -2.30. The van der Waals surface area contributed by atoms with Crippen LogP contribution >= 0.6 is 15.9 Å². The smallest absolute Gasteiger partial charge is 0.246 e. The maximum Gasteiger partial charge on any atom is 0.246 e. The molecule has 0 spiro atoms. The number of nitrogens with zero attached hydrogens (tertiary/aromatic N) is 2. The minimum absolute atomic E-state index is 0.112. The maximum absolute atomic E-state index is 12.6. The van der Waals surface area contributed by atoms with Gasteiger partial charge in [0.15, 0.2) is 5.82 Å². The summed E-state index contributed by atoms with van der Waals surface area (Å²) in [6, 6.07) is 1.52. The lowest BCUT2D eigenvalue weighted by Gasteiger charge is -2.18. The molecule has 0 aliphatic carbocycles. The van der Waals surface area contributed by atoms with Crippen LogP contribution in [-0.2, 0) is 10.0 Å². The topological polar surface area (TPSA) is 88.3 Å². The molecule has 1 saturated heterocycles. The van der Waals surface area contributed by atoms with Gasteiger partial charge in [-0.25, -0.2) is 19.2 Å². The van der Waals surface area contributed by atoms with Crippen molar-refractivity contribution in [3.8, 4) is 0 Å². The Bertz CT molecular complexity index is 564. The third-order valence-electron chi connectivity index (χ3n) is 3.40. The van der Waals surface area contributed by atoms with Gasteiger partial charge in [-0.1, -0.05) is 13.3 Å². The lowest BCUT2D eigenvalue weighted by molar-refractivity contribution is 0.453. The molecule has 1 aromatic heterocycles. The Balaban J connectivity index is 2.37. The molecule has 106 valence electrons. The number of hydrogen-bond donors (Lipinski definition) is 2. The minimum Gasteiger partial charge on any atom is -0.307 e. The molecule has 1 fully saturated rings. The van der Waals surface area contributed by atoms with Crippen LogP contribution in [0.25, 0.3) is 0 Å². The number of hydrogen-bond acceptors (Lipinski definition) is 5. The monoisotopic (exact) mass is 348 g/mol. The molecule has 0 bridgehead atoms. The molecular weight excluding hydrogens is 332 g/mol. The van der Waals surface area contributed by atoms with Crippen LogP contribution in [-0.4, -0.2) is 30.8 Å². The number of sulfonamides is 1. The van der Waals surface area contributed by atoms with Crippen molar-refractivity contribution in [1.29, 1.82) is 0 Å². The number of nitrogens with one attached hydrogen (secondary N) is 1. The van der Waals surface area contributed by atoms with Crippen molar-refractivity contribution in [2.75, 3.05) is 18.5 Å². The number of pyridine rings is 1. The highest BCUT2D eigenvalue weighted by Gasteiger charge is 2.33. The van der Waals surface area contributed by atoms with E-state index in [-0.39, 0.29) is 10.7 Å². The van der Waals surface area contributed by atoms with Crippen LogP contribution in [0.5, 0.6) is 0 Å². The van der Waals surface area contributed by atoms with Gasteiger partial charge in [0.25, 0.3) is 0 Å². The predicted octanol–water partition coefficient (Wildman–Crippen LogP) is 1.55. The zero-order valence-electron chi connectivity index (χ0n) is 10.6. The Morgan fingerprint density at radius 1 is 1.63 bits per heavy atom. The van der Waals surface area contributed by atoms with Gasteiger partial charge in [-0.15, -0.1) is 0 Å². The molecule has 1 aliphatic rings. The van der Waals surface area contributed by atoms with Crippen molar-refractivity contribution in [2.24, 2.45) is 11.8 Å². The molecule has 1 aromatic rings. The number of nitrogens with two attached hydrogens (primary N) is 1. The molecule has 2 rings (SSSR count). The third kappa shape index (κ3) is 2.91. The summed E-state index contributed by atoms with van der Waals surface area (Å²) >= 11 is 3.24. The highest BCUT2D eigenvalue weighted by Crippen LogP contribution is 2.30. The molecule has 0 radical (unpaired) electrons. The van der Waals surface area contributed by atoms with E-state index < -0.39 is 10.0 Å². The van der Waals surface area contributed by atoms with E-state index in [1.807, 2.05) is 0 Å². The van der Waals surface area contributed by atoms with Crippen molar-refractivity contribution in [2.45, 2.75) is 24.7 Å². The first-order valence-electron chi connectivity index (χ1n) is 6.11. The maximum atomic E-state index is 12.6. The molecule has 3 N–H and O–H groups in total. The summed E-state index contributed by atoms with van der Waals surface area (Å²) in [5.41, 5.74) is 2.34. The van der Waals surface area contributed by atoms with E-state index >= 15 is 0 Å². The van der Waals surface area contributed by atoms with E-state index in [0.717, 1.165) is 12.8 Å². The van der Waals surface area contributed by atoms with E-state index in [0.29, 0.717) is 23.5 Å². The largest absolute Gasteiger partial charge is 0.307 e. The molecule has 1 unspecified atom stereocenters.